The molecule has 1 atom stereocenters. The number of aryl methyl sites for hydroxylation is 2. The minimum absolute atomic E-state index is 0.0289. The van der Waals surface area contributed by atoms with Crippen LogP contribution in [-0.4, -0.2) is 59.7 Å². The Morgan fingerprint density at radius 1 is 1.40 bits per heavy atom. The van der Waals surface area contributed by atoms with E-state index >= 15 is 0 Å². The molecule has 0 amide bonds. The van der Waals surface area contributed by atoms with Crippen LogP contribution in [0.25, 0.3) is 0 Å². The van der Waals surface area contributed by atoms with Crippen molar-refractivity contribution in [3.8, 4) is 5.88 Å². The molecule has 0 saturated heterocycles. The maximum Gasteiger partial charge on any atom is 0.216 e. The highest BCUT2D eigenvalue weighted by molar-refractivity contribution is 5.34. The van der Waals surface area contributed by atoms with Gasteiger partial charge >= 0.3 is 0 Å². The van der Waals surface area contributed by atoms with Gasteiger partial charge in [-0.3, -0.25) is 0 Å². The molecule has 0 aliphatic heterocycles. The Bertz CT molecular complexity index is 402. The molecule has 0 aromatic carbocycles. The van der Waals surface area contributed by atoms with E-state index in [2.05, 4.69) is 29.2 Å². The summed E-state index contributed by atoms with van der Waals surface area (Å²) in [7, 11) is 3.48. The lowest BCUT2D eigenvalue weighted by atomic mass is 10.1. The van der Waals surface area contributed by atoms with E-state index in [-0.39, 0.29) is 12.6 Å². The summed E-state index contributed by atoms with van der Waals surface area (Å²) in [5, 5.41) is 17.4. The molecule has 1 heterocycles. The molecular formula is C14H28N4O2. The topological polar surface area (TPSA) is 62.5 Å². The molecule has 1 unspecified atom stereocenters. The fourth-order valence-electron chi connectivity index (χ4n) is 2.49. The molecule has 0 bridgehead atoms. The summed E-state index contributed by atoms with van der Waals surface area (Å²) in [6, 6.07) is -0.144. The number of aliphatic hydroxyl groups is 1. The van der Waals surface area contributed by atoms with Crippen molar-refractivity contribution in [1.29, 1.82) is 0 Å². The second kappa shape index (κ2) is 8.24. The molecule has 20 heavy (non-hydrogen) atoms. The van der Waals surface area contributed by atoms with Crippen molar-refractivity contribution in [2.24, 2.45) is 7.05 Å². The lowest BCUT2D eigenvalue weighted by molar-refractivity contribution is 0.229. The minimum Gasteiger partial charge on any atom is -0.481 e. The fraction of sp³-hybridized carbons (Fsp3) is 0.786. The number of likely N-dealkylation sites (N-methyl/N-ethyl adjacent to an activating group) is 1. The Labute approximate surface area is 121 Å². The van der Waals surface area contributed by atoms with E-state index < -0.39 is 0 Å². The molecule has 0 aliphatic carbocycles. The van der Waals surface area contributed by atoms with Crippen molar-refractivity contribution in [3.63, 3.8) is 0 Å². The van der Waals surface area contributed by atoms with E-state index in [0.29, 0.717) is 5.88 Å². The Kier molecular flexibility index (Phi) is 6.98. The summed E-state index contributed by atoms with van der Waals surface area (Å²) in [5.74, 6) is 0.705. The molecule has 2 N–H and O–H groups in total. The number of hydrogen-bond donors (Lipinski definition) is 2. The number of rotatable bonds is 9. The van der Waals surface area contributed by atoms with Gasteiger partial charge in [0.2, 0.25) is 5.88 Å². The highest BCUT2D eigenvalue weighted by Gasteiger charge is 2.22. The molecule has 0 spiro atoms. The number of aliphatic hydroxyl groups excluding tert-OH is 1. The number of hydrogen-bond acceptors (Lipinski definition) is 5. The summed E-state index contributed by atoms with van der Waals surface area (Å²) >= 11 is 0. The van der Waals surface area contributed by atoms with Gasteiger partial charge in [-0.05, 0) is 20.0 Å². The molecule has 0 saturated carbocycles. The van der Waals surface area contributed by atoms with Crippen LogP contribution in [0.2, 0.25) is 0 Å². The van der Waals surface area contributed by atoms with Crippen molar-refractivity contribution in [1.82, 2.24) is 20.0 Å². The van der Waals surface area contributed by atoms with E-state index in [1.807, 2.05) is 14.0 Å². The first-order valence-electron chi connectivity index (χ1n) is 7.23. The quantitative estimate of drug-likeness (QED) is 0.699. The number of nitrogens with one attached hydrogen (secondary N) is 1. The van der Waals surface area contributed by atoms with Gasteiger partial charge < -0.3 is 20.1 Å². The normalized spacial score (nSPS) is 12.9. The number of aromatic nitrogens is 2. The monoisotopic (exact) mass is 284 g/mol. The van der Waals surface area contributed by atoms with Gasteiger partial charge in [0.1, 0.15) is 0 Å². The van der Waals surface area contributed by atoms with Crippen molar-refractivity contribution in [3.05, 3.63) is 11.3 Å². The zero-order valence-corrected chi connectivity index (χ0v) is 13.3. The van der Waals surface area contributed by atoms with Crippen LogP contribution in [0.15, 0.2) is 0 Å². The smallest absolute Gasteiger partial charge is 0.216 e. The maximum atomic E-state index is 9.64. The van der Waals surface area contributed by atoms with Crippen molar-refractivity contribution >= 4 is 0 Å². The lowest BCUT2D eigenvalue weighted by Crippen LogP contribution is -2.35. The highest BCUT2D eigenvalue weighted by atomic mass is 16.5. The van der Waals surface area contributed by atoms with Crippen molar-refractivity contribution in [2.45, 2.75) is 26.8 Å². The van der Waals surface area contributed by atoms with E-state index in [1.54, 1.807) is 11.8 Å². The molecule has 1 aromatic heterocycles. The Morgan fingerprint density at radius 2 is 2.05 bits per heavy atom. The van der Waals surface area contributed by atoms with Gasteiger partial charge in [0.15, 0.2) is 0 Å². The van der Waals surface area contributed by atoms with Gasteiger partial charge in [-0.2, -0.15) is 5.10 Å². The zero-order valence-electron chi connectivity index (χ0n) is 13.3. The van der Waals surface area contributed by atoms with Crippen LogP contribution >= 0.6 is 0 Å². The third kappa shape index (κ3) is 3.94. The van der Waals surface area contributed by atoms with Gasteiger partial charge in [-0.25, -0.2) is 4.68 Å². The van der Waals surface area contributed by atoms with E-state index in [1.165, 1.54) is 0 Å². The largest absolute Gasteiger partial charge is 0.481 e. The van der Waals surface area contributed by atoms with Gasteiger partial charge in [-0.1, -0.05) is 13.8 Å². The molecule has 6 heteroatoms. The van der Waals surface area contributed by atoms with Crippen molar-refractivity contribution < 1.29 is 9.84 Å². The first-order chi connectivity index (χ1) is 9.58. The van der Waals surface area contributed by atoms with Crippen LogP contribution < -0.4 is 10.1 Å². The average Bonchev–Trinajstić information content (AvgIpc) is 2.73. The van der Waals surface area contributed by atoms with E-state index in [4.69, 9.17) is 4.74 Å². The summed E-state index contributed by atoms with van der Waals surface area (Å²) in [6.45, 7) is 10.1. The maximum absolute atomic E-state index is 9.64. The molecule has 1 rings (SSSR count). The van der Waals surface area contributed by atoms with Crippen LogP contribution in [-0.2, 0) is 7.05 Å². The Hall–Kier alpha value is -1.11. The summed E-state index contributed by atoms with van der Waals surface area (Å²) in [6.07, 6.45) is 0. The third-order valence-corrected chi connectivity index (χ3v) is 3.65. The van der Waals surface area contributed by atoms with Gasteiger partial charge in [0.05, 0.1) is 31.0 Å². The standard InChI is InChI=1S/C14H28N4O2/c1-6-18(7-2)9-8-15-12(10-19)13-11(3)16-17(4)14(13)20-5/h12,15,19H,6-10H2,1-5H3. The summed E-state index contributed by atoms with van der Waals surface area (Å²) in [5.41, 5.74) is 1.83. The molecule has 6 nitrogen and oxygen atoms in total. The first-order valence-corrected chi connectivity index (χ1v) is 7.23. The zero-order chi connectivity index (χ0) is 15.1. The van der Waals surface area contributed by atoms with Gasteiger partial charge in [0.25, 0.3) is 0 Å². The predicted molar refractivity (Wildman–Crippen MR) is 80.1 cm³/mol. The SMILES string of the molecule is CCN(CC)CCNC(CO)c1c(C)nn(C)c1OC. The van der Waals surface area contributed by atoms with Crippen LogP contribution in [0.5, 0.6) is 5.88 Å². The molecule has 1 aromatic rings. The Balaban J connectivity index is 2.71. The molecule has 0 aliphatic rings. The minimum atomic E-state index is -0.144. The first kappa shape index (κ1) is 16.9. The predicted octanol–water partition coefficient (Wildman–Crippen LogP) is 0.702. The van der Waals surface area contributed by atoms with Crippen LogP contribution in [0.1, 0.15) is 31.1 Å². The highest BCUT2D eigenvalue weighted by Crippen LogP contribution is 2.27. The molecule has 0 fully saturated rings. The second-order valence-corrected chi connectivity index (χ2v) is 4.85. The Morgan fingerprint density at radius 3 is 2.55 bits per heavy atom. The molecular weight excluding hydrogens is 256 g/mol. The number of ether oxygens (including phenoxy) is 1. The van der Waals surface area contributed by atoms with Gasteiger partial charge in [-0.15, -0.1) is 0 Å². The van der Waals surface area contributed by atoms with E-state index in [0.717, 1.165) is 37.4 Å². The van der Waals surface area contributed by atoms with Crippen LogP contribution in [0.3, 0.4) is 0 Å². The van der Waals surface area contributed by atoms with E-state index in [9.17, 15) is 5.11 Å². The number of methoxy groups -OCH3 is 1. The van der Waals surface area contributed by atoms with Crippen LogP contribution in [0.4, 0.5) is 0 Å². The van der Waals surface area contributed by atoms with Crippen LogP contribution in [0, 0.1) is 6.92 Å². The summed E-state index contributed by atoms with van der Waals surface area (Å²) < 4.78 is 7.10. The third-order valence-electron chi connectivity index (χ3n) is 3.65. The molecule has 116 valence electrons. The lowest BCUT2D eigenvalue weighted by Gasteiger charge is -2.21. The van der Waals surface area contributed by atoms with Gasteiger partial charge in [0, 0.05) is 20.1 Å². The number of nitrogens with zero attached hydrogens (tertiary/aromatic N) is 3. The fourth-order valence-corrected chi connectivity index (χ4v) is 2.49. The summed E-state index contributed by atoms with van der Waals surface area (Å²) in [4.78, 5) is 2.34. The second-order valence-electron chi connectivity index (χ2n) is 4.85. The van der Waals surface area contributed by atoms with Crippen molar-refractivity contribution in [2.75, 3.05) is 39.9 Å². The average molecular weight is 284 g/mol. The molecule has 0 radical (unpaired) electrons.